The first-order valence-electron chi connectivity index (χ1n) is 10.3. The second kappa shape index (κ2) is 9.75. The van der Waals surface area contributed by atoms with Crippen LogP contribution < -0.4 is 4.74 Å². The maximum Gasteiger partial charge on any atom is 0.270 e. The molecule has 0 bridgehead atoms. The van der Waals surface area contributed by atoms with Gasteiger partial charge in [-0.3, -0.25) is 29.8 Å². The van der Waals surface area contributed by atoms with E-state index < -0.39 is 9.85 Å². The molecule has 4 aromatic rings. The van der Waals surface area contributed by atoms with Crippen LogP contribution in [0, 0.1) is 20.2 Å². The summed E-state index contributed by atoms with van der Waals surface area (Å²) in [7, 11) is 0. The highest BCUT2D eigenvalue weighted by Crippen LogP contribution is 2.25. The van der Waals surface area contributed by atoms with Crippen LogP contribution in [0.2, 0.25) is 0 Å². The van der Waals surface area contributed by atoms with E-state index in [0.29, 0.717) is 22.6 Å². The Kier molecular flexibility index (Phi) is 6.41. The Bertz CT molecular complexity index is 1330. The van der Waals surface area contributed by atoms with Crippen molar-refractivity contribution in [3.05, 3.63) is 140 Å². The molecule has 9 heteroatoms. The number of hydrogen-bond acceptors (Lipinski definition) is 7. The number of nitrogens with zero attached hydrogens (tertiary/aromatic N) is 2. The Morgan fingerprint density at radius 1 is 0.543 bits per heavy atom. The molecule has 0 aliphatic heterocycles. The van der Waals surface area contributed by atoms with Crippen LogP contribution in [-0.2, 0) is 0 Å². The highest BCUT2D eigenvalue weighted by molar-refractivity contribution is 6.10. The van der Waals surface area contributed by atoms with Gasteiger partial charge in [0, 0.05) is 46.5 Å². The smallest absolute Gasteiger partial charge is 0.270 e. The molecule has 0 amide bonds. The average molecular weight is 468 g/mol. The van der Waals surface area contributed by atoms with Gasteiger partial charge in [0.25, 0.3) is 11.4 Å². The molecule has 0 atom stereocenters. The molecule has 35 heavy (non-hydrogen) atoms. The van der Waals surface area contributed by atoms with Gasteiger partial charge in [-0.2, -0.15) is 0 Å². The minimum Gasteiger partial charge on any atom is -0.457 e. The summed E-state index contributed by atoms with van der Waals surface area (Å²) in [5.74, 6) is 0.172. The number of ether oxygens (including phenoxy) is 1. The molecule has 0 fully saturated rings. The number of rotatable bonds is 8. The molecule has 0 saturated heterocycles. The van der Waals surface area contributed by atoms with Gasteiger partial charge in [-0.15, -0.1) is 0 Å². The molecule has 0 aliphatic carbocycles. The van der Waals surface area contributed by atoms with Crippen LogP contribution in [-0.4, -0.2) is 21.4 Å². The molecule has 0 unspecified atom stereocenters. The summed E-state index contributed by atoms with van der Waals surface area (Å²) in [6.45, 7) is 0. The topological polar surface area (TPSA) is 130 Å². The zero-order valence-corrected chi connectivity index (χ0v) is 18.0. The van der Waals surface area contributed by atoms with Gasteiger partial charge in [-0.25, -0.2) is 0 Å². The van der Waals surface area contributed by atoms with Crippen LogP contribution in [0.1, 0.15) is 31.8 Å². The van der Waals surface area contributed by atoms with Crippen molar-refractivity contribution in [3.8, 4) is 11.5 Å². The summed E-state index contributed by atoms with van der Waals surface area (Å²) < 4.78 is 5.76. The van der Waals surface area contributed by atoms with Crippen molar-refractivity contribution in [2.75, 3.05) is 0 Å². The fraction of sp³-hybridized carbons (Fsp3) is 0. The number of ketones is 2. The fourth-order valence-corrected chi connectivity index (χ4v) is 3.34. The quantitative estimate of drug-likeness (QED) is 0.183. The molecular weight excluding hydrogens is 452 g/mol. The molecule has 4 aromatic carbocycles. The molecule has 0 heterocycles. The van der Waals surface area contributed by atoms with Gasteiger partial charge in [-0.1, -0.05) is 24.3 Å². The van der Waals surface area contributed by atoms with Gasteiger partial charge < -0.3 is 4.74 Å². The van der Waals surface area contributed by atoms with Crippen molar-refractivity contribution >= 4 is 22.9 Å². The SMILES string of the molecule is O=C(c1ccc(Oc2ccc(C(=O)c3cccc([N+](=O)[O-])c3)cc2)cc1)c1cccc([N+](=O)[O-])c1. The van der Waals surface area contributed by atoms with E-state index in [9.17, 15) is 29.8 Å². The molecule has 0 aromatic heterocycles. The molecule has 9 nitrogen and oxygen atoms in total. The normalized spacial score (nSPS) is 10.4. The Balaban J connectivity index is 1.45. The van der Waals surface area contributed by atoms with Gasteiger partial charge in [0.1, 0.15) is 11.5 Å². The second-order valence-electron chi connectivity index (χ2n) is 7.42. The lowest BCUT2D eigenvalue weighted by atomic mass is 10.0. The summed E-state index contributed by atoms with van der Waals surface area (Å²) in [6.07, 6.45) is 0. The Morgan fingerprint density at radius 3 is 1.26 bits per heavy atom. The van der Waals surface area contributed by atoms with Crippen molar-refractivity contribution in [2.45, 2.75) is 0 Å². The first kappa shape index (κ1) is 23.0. The zero-order chi connectivity index (χ0) is 24.9. The first-order valence-corrected chi connectivity index (χ1v) is 10.3. The lowest BCUT2D eigenvalue weighted by molar-refractivity contribution is -0.385. The number of hydrogen-bond donors (Lipinski definition) is 0. The summed E-state index contributed by atoms with van der Waals surface area (Å²) in [6, 6.07) is 23.6. The monoisotopic (exact) mass is 468 g/mol. The molecule has 0 aliphatic rings. The Labute approximate surface area is 198 Å². The fourth-order valence-electron chi connectivity index (χ4n) is 3.34. The van der Waals surface area contributed by atoms with Gasteiger partial charge in [0.15, 0.2) is 11.6 Å². The Hall–Kier alpha value is -5.18. The standard InChI is InChI=1S/C26H16N2O7/c29-25(19-3-1-5-21(15-19)27(31)32)17-7-11-23(12-8-17)35-24-13-9-18(10-14-24)26(30)20-4-2-6-22(16-20)28(33)34/h1-16H. The maximum atomic E-state index is 12.6. The van der Waals surface area contributed by atoms with E-state index in [2.05, 4.69) is 0 Å². The minimum atomic E-state index is -0.559. The molecule has 0 saturated carbocycles. The van der Waals surface area contributed by atoms with Crippen molar-refractivity contribution in [3.63, 3.8) is 0 Å². The van der Waals surface area contributed by atoms with Crippen molar-refractivity contribution in [2.24, 2.45) is 0 Å². The zero-order valence-electron chi connectivity index (χ0n) is 18.0. The van der Waals surface area contributed by atoms with Crippen molar-refractivity contribution in [1.82, 2.24) is 0 Å². The number of non-ortho nitro benzene ring substituents is 2. The molecule has 0 spiro atoms. The van der Waals surface area contributed by atoms with E-state index in [-0.39, 0.29) is 34.1 Å². The second-order valence-corrected chi connectivity index (χ2v) is 7.42. The third kappa shape index (κ3) is 5.25. The van der Waals surface area contributed by atoms with Crippen LogP contribution in [0.5, 0.6) is 11.5 Å². The molecule has 4 rings (SSSR count). The highest BCUT2D eigenvalue weighted by atomic mass is 16.6. The lowest BCUT2D eigenvalue weighted by Gasteiger charge is -2.08. The van der Waals surface area contributed by atoms with E-state index in [1.54, 1.807) is 48.5 Å². The van der Waals surface area contributed by atoms with E-state index in [1.165, 1.54) is 48.5 Å². The third-order valence-corrected chi connectivity index (χ3v) is 5.11. The first-order chi connectivity index (χ1) is 16.8. The van der Waals surface area contributed by atoms with E-state index in [0.717, 1.165) is 0 Å². The van der Waals surface area contributed by atoms with Crippen LogP contribution in [0.4, 0.5) is 11.4 Å². The highest BCUT2D eigenvalue weighted by Gasteiger charge is 2.15. The van der Waals surface area contributed by atoms with Crippen molar-refractivity contribution in [1.29, 1.82) is 0 Å². The van der Waals surface area contributed by atoms with Gasteiger partial charge in [-0.05, 0) is 48.5 Å². The summed E-state index contributed by atoms with van der Waals surface area (Å²) >= 11 is 0. The minimum absolute atomic E-state index is 0.164. The van der Waals surface area contributed by atoms with Crippen LogP contribution in [0.3, 0.4) is 0 Å². The number of nitro groups is 2. The van der Waals surface area contributed by atoms with Gasteiger partial charge >= 0.3 is 0 Å². The molecular formula is C26H16N2O7. The summed E-state index contributed by atoms with van der Waals surface area (Å²) in [4.78, 5) is 46.0. The van der Waals surface area contributed by atoms with Crippen molar-refractivity contribution < 1.29 is 24.2 Å². The van der Waals surface area contributed by atoms with Crippen LogP contribution in [0.15, 0.2) is 97.1 Å². The van der Waals surface area contributed by atoms with Gasteiger partial charge in [0.2, 0.25) is 0 Å². The largest absolute Gasteiger partial charge is 0.457 e. The predicted molar refractivity (Wildman–Crippen MR) is 126 cm³/mol. The van der Waals surface area contributed by atoms with E-state index in [4.69, 9.17) is 4.74 Å². The average Bonchev–Trinajstić information content (AvgIpc) is 2.89. The Morgan fingerprint density at radius 2 is 0.914 bits per heavy atom. The van der Waals surface area contributed by atoms with Crippen LogP contribution >= 0.6 is 0 Å². The number of carbonyl (C=O) groups is 2. The third-order valence-electron chi connectivity index (χ3n) is 5.11. The summed E-state index contributed by atoms with van der Waals surface area (Å²) in [5.41, 5.74) is 0.770. The molecule has 0 radical (unpaired) electrons. The van der Waals surface area contributed by atoms with Gasteiger partial charge in [0.05, 0.1) is 9.85 Å². The number of nitro benzene ring substituents is 2. The van der Waals surface area contributed by atoms with E-state index >= 15 is 0 Å². The molecule has 0 N–H and O–H groups in total. The maximum absolute atomic E-state index is 12.6. The lowest BCUT2D eigenvalue weighted by Crippen LogP contribution is -2.02. The summed E-state index contributed by atoms with van der Waals surface area (Å²) in [5, 5.41) is 21.9. The number of benzene rings is 4. The van der Waals surface area contributed by atoms with E-state index in [1.807, 2.05) is 0 Å². The predicted octanol–water partition coefficient (Wildman–Crippen LogP) is 5.76. The number of carbonyl (C=O) groups excluding carboxylic acids is 2. The molecule has 172 valence electrons. The van der Waals surface area contributed by atoms with Crippen LogP contribution in [0.25, 0.3) is 0 Å².